The van der Waals surface area contributed by atoms with Gasteiger partial charge < -0.3 is 20.2 Å². The molecule has 3 N–H and O–H groups in total. The summed E-state index contributed by atoms with van der Waals surface area (Å²) in [4.78, 5) is 2.22. The van der Waals surface area contributed by atoms with Crippen molar-refractivity contribution in [2.75, 3.05) is 31.6 Å². The summed E-state index contributed by atoms with van der Waals surface area (Å²) in [5.74, 6) is -2.56. The minimum absolute atomic E-state index is 0.0489. The Hall–Kier alpha value is -1.36. The molecule has 0 radical (unpaired) electrons. The highest BCUT2D eigenvalue weighted by Crippen LogP contribution is 2.65. The number of aliphatic hydroxyl groups is 2. The molecule has 2 fully saturated rings. The van der Waals surface area contributed by atoms with Crippen LogP contribution in [0, 0.1) is 23.2 Å². The van der Waals surface area contributed by atoms with E-state index in [0.717, 1.165) is 80.5 Å². The lowest BCUT2D eigenvalue weighted by Crippen LogP contribution is -2.45. The van der Waals surface area contributed by atoms with Crippen LogP contribution >= 0.6 is 11.8 Å². The van der Waals surface area contributed by atoms with Crippen molar-refractivity contribution in [1.82, 2.24) is 4.90 Å². The van der Waals surface area contributed by atoms with Crippen LogP contribution in [0.25, 0.3) is 0 Å². The lowest BCUT2D eigenvalue weighted by molar-refractivity contribution is -0.284. The Kier molecular flexibility index (Phi) is 11.2. The van der Waals surface area contributed by atoms with Crippen molar-refractivity contribution in [3.05, 3.63) is 41.5 Å². The van der Waals surface area contributed by atoms with E-state index in [4.69, 9.17) is 0 Å². The fraction of sp³-hybridized carbons (Fsp3) is 0.758. The number of hydrogen-bond acceptors (Lipinski definition) is 5. The molecule has 1 aromatic rings. The fourth-order valence-corrected chi connectivity index (χ4v) is 9.04. The molecular formula is C33H48F5NO3S. The second-order valence-corrected chi connectivity index (χ2v) is 14.6. The summed E-state index contributed by atoms with van der Waals surface area (Å²) in [6.07, 6.45) is -0.602. The molecular weight excluding hydrogens is 585 g/mol. The van der Waals surface area contributed by atoms with E-state index >= 15 is 0 Å². The van der Waals surface area contributed by atoms with Crippen LogP contribution in [-0.2, 0) is 0 Å². The number of phenols is 1. The van der Waals surface area contributed by atoms with Crippen LogP contribution in [0.1, 0.15) is 94.3 Å². The zero-order chi connectivity index (χ0) is 31.6. The maximum absolute atomic E-state index is 13.0. The Balaban J connectivity index is 1.22. The first-order valence-electron chi connectivity index (χ1n) is 15.8. The van der Waals surface area contributed by atoms with Gasteiger partial charge in [-0.15, -0.1) is 0 Å². The molecule has 4 rings (SSSR count). The highest BCUT2D eigenvalue weighted by atomic mass is 32.2. The summed E-state index contributed by atoms with van der Waals surface area (Å²) in [6, 6.07) is 5.42. The number of nitrogens with zero attached hydrogens (tertiary/aromatic N) is 1. The normalized spacial score (nSPS) is 30.8. The van der Waals surface area contributed by atoms with Gasteiger partial charge in [-0.05, 0) is 135 Å². The fourth-order valence-electron chi connectivity index (χ4n) is 8.15. The zero-order valence-corrected chi connectivity index (χ0v) is 26.2. The van der Waals surface area contributed by atoms with E-state index in [0.29, 0.717) is 18.1 Å². The summed E-state index contributed by atoms with van der Waals surface area (Å²) in [5, 5.41) is 32.6. The summed E-state index contributed by atoms with van der Waals surface area (Å²) in [7, 11) is 2.04. The van der Waals surface area contributed by atoms with Crippen molar-refractivity contribution in [1.29, 1.82) is 0 Å². The molecule has 0 spiro atoms. The monoisotopic (exact) mass is 633 g/mol. The number of aliphatic hydroxyl groups excluding tert-OH is 2. The van der Waals surface area contributed by atoms with E-state index in [1.165, 1.54) is 11.8 Å². The number of benzene rings is 1. The number of fused-ring (bicyclic) bond motifs is 5. The Labute approximate surface area is 257 Å². The van der Waals surface area contributed by atoms with Crippen molar-refractivity contribution in [3.8, 4) is 5.75 Å². The Bertz CT molecular complexity index is 1100. The molecule has 0 amide bonds. The predicted molar refractivity (Wildman–Crippen MR) is 162 cm³/mol. The van der Waals surface area contributed by atoms with Gasteiger partial charge >= 0.3 is 12.1 Å². The largest absolute Gasteiger partial charge is 0.508 e. The maximum Gasteiger partial charge on any atom is 0.453 e. The van der Waals surface area contributed by atoms with Gasteiger partial charge in [0.05, 0.1) is 12.2 Å². The van der Waals surface area contributed by atoms with E-state index in [9.17, 15) is 37.3 Å². The van der Waals surface area contributed by atoms with Crippen LogP contribution in [-0.4, -0.2) is 70.1 Å². The van der Waals surface area contributed by atoms with Crippen LogP contribution in [0.4, 0.5) is 22.0 Å². The van der Waals surface area contributed by atoms with Crippen molar-refractivity contribution < 1.29 is 37.3 Å². The standard InChI is InChI=1S/C33H48F5NO3S/c1-21-28(41)20-27-29-24(12-14-31(21,27)2)23-11-10-22(40)19-26(23)30(42)25(29)9-5-4-6-15-39(3)16-8-18-43-17-7-13-32(34,35)33(36,37)38/h10-11,19,24-25,27-30,40-42H,1,4-9,12-18,20H2,2-3H3/t24?,25-,27?,28+,29?,30+,31+/m0/s1. The first-order chi connectivity index (χ1) is 20.2. The van der Waals surface area contributed by atoms with Crippen LogP contribution in [0.3, 0.4) is 0 Å². The predicted octanol–water partition coefficient (Wildman–Crippen LogP) is 8.09. The summed E-state index contributed by atoms with van der Waals surface area (Å²) in [5.41, 5.74) is 2.80. The second-order valence-electron chi connectivity index (χ2n) is 13.4. The second kappa shape index (κ2) is 14.0. The molecule has 4 nitrogen and oxygen atoms in total. The number of phenolic OH excluding ortho intramolecular Hbond substituents is 1. The molecule has 244 valence electrons. The molecule has 0 heterocycles. The van der Waals surface area contributed by atoms with Gasteiger partial charge in [0.1, 0.15) is 5.75 Å². The molecule has 1 aromatic carbocycles. The number of halogens is 5. The number of hydrogen-bond donors (Lipinski definition) is 3. The molecule has 3 aliphatic rings. The minimum Gasteiger partial charge on any atom is -0.508 e. The molecule has 10 heteroatoms. The third kappa shape index (κ3) is 7.55. The summed E-state index contributed by atoms with van der Waals surface area (Å²) < 4.78 is 62.7. The first-order valence-corrected chi connectivity index (χ1v) is 16.9. The Morgan fingerprint density at radius 2 is 1.70 bits per heavy atom. The lowest BCUT2D eigenvalue weighted by Gasteiger charge is -2.53. The number of unbranched alkanes of at least 4 members (excludes halogenated alkanes) is 2. The molecule has 3 aliphatic carbocycles. The molecule has 0 aromatic heterocycles. The molecule has 43 heavy (non-hydrogen) atoms. The van der Waals surface area contributed by atoms with Crippen LogP contribution in [0.2, 0.25) is 0 Å². The number of rotatable bonds is 14. The third-order valence-corrected chi connectivity index (χ3v) is 11.8. The lowest BCUT2D eigenvalue weighted by atomic mass is 9.51. The van der Waals surface area contributed by atoms with Gasteiger partial charge in [0, 0.05) is 6.42 Å². The van der Waals surface area contributed by atoms with E-state index in [1.807, 2.05) is 13.1 Å². The van der Waals surface area contributed by atoms with Crippen LogP contribution in [0.5, 0.6) is 5.75 Å². The first kappa shape index (κ1) is 34.5. The highest BCUT2D eigenvalue weighted by molar-refractivity contribution is 7.99. The van der Waals surface area contributed by atoms with Crippen molar-refractivity contribution in [2.45, 2.75) is 101 Å². The van der Waals surface area contributed by atoms with E-state index in [-0.39, 0.29) is 35.3 Å². The highest BCUT2D eigenvalue weighted by Gasteiger charge is 2.58. The minimum atomic E-state index is -5.47. The van der Waals surface area contributed by atoms with E-state index < -0.39 is 30.7 Å². The van der Waals surface area contributed by atoms with Crippen LogP contribution < -0.4 is 0 Å². The molecule has 0 aliphatic heterocycles. The molecule has 3 unspecified atom stereocenters. The van der Waals surface area contributed by atoms with Gasteiger partial charge in [0.2, 0.25) is 0 Å². The van der Waals surface area contributed by atoms with Crippen LogP contribution in [0.15, 0.2) is 30.4 Å². The topological polar surface area (TPSA) is 63.9 Å². The molecule has 7 atom stereocenters. The summed E-state index contributed by atoms with van der Waals surface area (Å²) in [6.45, 7) is 8.26. The van der Waals surface area contributed by atoms with E-state index in [2.05, 4.69) is 18.4 Å². The Morgan fingerprint density at radius 3 is 2.42 bits per heavy atom. The van der Waals surface area contributed by atoms with Gasteiger partial charge in [0.15, 0.2) is 0 Å². The molecule has 0 saturated heterocycles. The van der Waals surface area contributed by atoms with Gasteiger partial charge in [-0.1, -0.05) is 32.4 Å². The number of thioether (sulfide) groups is 1. The van der Waals surface area contributed by atoms with Crippen molar-refractivity contribution in [3.63, 3.8) is 0 Å². The van der Waals surface area contributed by atoms with Gasteiger partial charge in [-0.2, -0.15) is 33.7 Å². The molecule has 0 bridgehead atoms. The average Bonchev–Trinajstić information content (AvgIpc) is 3.17. The Morgan fingerprint density at radius 1 is 1.00 bits per heavy atom. The van der Waals surface area contributed by atoms with Gasteiger partial charge in [-0.25, -0.2) is 0 Å². The number of aromatic hydroxyl groups is 1. The average molecular weight is 634 g/mol. The van der Waals surface area contributed by atoms with Crippen molar-refractivity contribution in [2.24, 2.45) is 23.2 Å². The quantitative estimate of drug-likeness (QED) is 0.110. The third-order valence-electron chi connectivity index (χ3n) is 10.6. The van der Waals surface area contributed by atoms with Crippen molar-refractivity contribution >= 4 is 11.8 Å². The van der Waals surface area contributed by atoms with Gasteiger partial charge in [-0.3, -0.25) is 0 Å². The molecule has 2 saturated carbocycles. The summed E-state index contributed by atoms with van der Waals surface area (Å²) >= 11 is 1.42. The van der Waals surface area contributed by atoms with Gasteiger partial charge in [0.25, 0.3) is 0 Å². The zero-order valence-electron chi connectivity index (χ0n) is 25.4. The maximum atomic E-state index is 13.0. The van der Waals surface area contributed by atoms with E-state index in [1.54, 1.807) is 12.1 Å². The SMILES string of the molecule is C=C1[C@H](O)CC2C3C(CC[C@]12C)c1ccc(O)cc1[C@H](O)[C@H]3CCCCCN(C)CCCSCCCC(F)(F)C(F)(F)F. The smallest absolute Gasteiger partial charge is 0.453 e. The number of alkyl halides is 5.